The number of hydrogen-bond donors (Lipinski definition) is 0. The van der Waals surface area contributed by atoms with Gasteiger partial charge in [0.2, 0.25) is 11.0 Å². The summed E-state index contributed by atoms with van der Waals surface area (Å²) in [5, 5.41) is 9.38. The summed E-state index contributed by atoms with van der Waals surface area (Å²) in [4.78, 5) is 28.1. The largest absolute Gasteiger partial charge is 0.294 e. The van der Waals surface area contributed by atoms with Crippen molar-refractivity contribution in [2.75, 3.05) is 4.90 Å². The number of amides is 1. The summed E-state index contributed by atoms with van der Waals surface area (Å²) >= 11 is 2.98. The molecule has 1 amide bonds. The zero-order valence-electron chi connectivity index (χ0n) is 17.4. The molecule has 30 heavy (non-hydrogen) atoms. The molecule has 1 aromatic heterocycles. The molecule has 0 saturated carbocycles. The van der Waals surface area contributed by atoms with Gasteiger partial charge in [-0.25, -0.2) is 4.39 Å². The topological polar surface area (TPSA) is 63.2 Å². The van der Waals surface area contributed by atoms with E-state index in [1.165, 1.54) is 23.5 Å². The second-order valence-corrected chi connectivity index (χ2v) is 11.6. The molecule has 0 bridgehead atoms. The number of ketones is 1. The smallest absolute Gasteiger partial charge is 0.234 e. The molecule has 158 valence electrons. The van der Waals surface area contributed by atoms with Gasteiger partial charge >= 0.3 is 0 Å². The molecular formula is C22H24FN3O2S2. The predicted molar refractivity (Wildman–Crippen MR) is 117 cm³/mol. The first-order valence-electron chi connectivity index (χ1n) is 9.99. The monoisotopic (exact) mass is 445 g/mol. The molecule has 0 radical (unpaired) electrons. The van der Waals surface area contributed by atoms with Crippen molar-refractivity contribution in [3.63, 3.8) is 0 Å². The van der Waals surface area contributed by atoms with E-state index in [1.807, 2.05) is 13.8 Å². The minimum Gasteiger partial charge on any atom is -0.294 e. The summed E-state index contributed by atoms with van der Waals surface area (Å²) in [7, 11) is 0. The van der Waals surface area contributed by atoms with Crippen molar-refractivity contribution in [2.24, 2.45) is 5.41 Å². The molecule has 2 heterocycles. The Hall–Kier alpha value is -2.06. The lowest BCUT2D eigenvalue weighted by atomic mass is 9.69. The number of Topliss-reactive ketones (excluding diaryl/α,β-unsaturated/α-hetero) is 1. The van der Waals surface area contributed by atoms with Crippen molar-refractivity contribution in [1.82, 2.24) is 10.2 Å². The van der Waals surface area contributed by atoms with Crippen LogP contribution in [-0.4, -0.2) is 27.1 Å². The van der Waals surface area contributed by atoms with E-state index in [2.05, 4.69) is 24.0 Å². The van der Waals surface area contributed by atoms with E-state index < -0.39 is 0 Å². The first-order chi connectivity index (χ1) is 14.1. The van der Waals surface area contributed by atoms with Crippen LogP contribution in [0.15, 0.2) is 39.9 Å². The van der Waals surface area contributed by atoms with Gasteiger partial charge in [0.25, 0.3) is 0 Å². The third kappa shape index (κ3) is 4.07. The number of aromatic nitrogens is 2. The third-order valence-corrected chi connectivity index (χ3v) is 7.34. The zero-order valence-corrected chi connectivity index (χ0v) is 19.1. The third-order valence-electron chi connectivity index (χ3n) is 5.34. The van der Waals surface area contributed by atoms with Gasteiger partial charge in [-0.3, -0.25) is 14.5 Å². The van der Waals surface area contributed by atoms with Crippen molar-refractivity contribution in [1.29, 1.82) is 0 Å². The van der Waals surface area contributed by atoms with Crippen molar-refractivity contribution >= 4 is 39.9 Å². The molecule has 0 spiro atoms. The average Bonchev–Trinajstić information content (AvgIpc) is 3.07. The summed E-state index contributed by atoms with van der Waals surface area (Å²) in [6, 6.07) is 6.10. The molecule has 0 unspecified atom stereocenters. The van der Waals surface area contributed by atoms with Gasteiger partial charge in [0.05, 0.1) is 0 Å². The molecule has 1 aromatic carbocycles. The van der Waals surface area contributed by atoms with Crippen molar-refractivity contribution in [3.8, 4) is 0 Å². The van der Waals surface area contributed by atoms with E-state index >= 15 is 0 Å². The van der Waals surface area contributed by atoms with Gasteiger partial charge in [-0.1, -0.05) is 62.9 Å². The van der Waals surface area contributed by atoms with Gasteiger partial charge in [-0.2, -0.15) is 0 Å². The molecule has 2 aromatic rings. The Kier molecular flexibility index (Phi) is 5.57. The van der Waals surface area contributed by atoms with Gasteiger partial charge < -0.3 is 0 Å². The van der Waals surface area contributed by atoms with Crippen LogP contribution >= 0.6 is 23.1 Å². The summed E-state index contributed by atoms with van der Waals surface area (Å²) in [6.07, 6.45) is 1.18. The number of nitrogens with zero attached hydrogens (tertiary/aromatic N) is 3. The molecule has 0 saturated heterocycles. The fraction of sp³-hybridized carbons (Fsp3) is 0.455. The summed E-state index contributed by atoms with van der Waals surface area (Å²) in [5.74, 6) is -0.748. The van der Waals surface area contributed by atoms with Crippen LogP contribution in [0.3, 0.4) is 0 Å². The Labute approximate surface area is 183 Å². The number of rotatable bonds is 4. The van der Waals surface area contributed by atoms with Crippen LogP contribution in [-0.2, 0) is 9.59 Å². The molecule has 4 rings (SSSR count). The van der Waals surface area contributed by atoms with Gasteiger partial charge in [-0.15, -0.1) is 10.2 Å². The molecule has 1 aliphatic carbocycles. The SMILES string of the molecule is CC(C)Sc1nnc(N2C(=O)C[C@H](c3ccc(F)cc3)C3=C2CC(C)(C)CC3=O)s1. The Morgan fingerprint density at radius 3 is 2.53 bits per heavy atom. The van der Waals surface area contributed by atoms with Crippen LogP contribution in [0.25, 0.3) is 0 Å². The maximum absolute atomic E-state index is 13.4. The minimum absolute atomic E-state index is 0.0503. The summed E-state index contributed by atoms with van der Waals surface area (Å²) < 4.78 is 14.3. The fourth-order valence-electron chi connectivity index (χ4n) is 4.16. The van der Waals surface area contributed by atoms with E-state index in [4.69, 9.17) is 0 Å². The van der Waals surface area contributed by atoms with Crippen LogP contribution in [0.1, 0.15) is 58.4 Å². The van der Waals surface area contributed by atoms with E-state index in [9.17, 15) is 14.0 Å². The van der Waals surface area contributed by atoms with Crippen LogP contribution in [0.4, 0.5) is 9.52 Å². The normalized spacial score (nSPS) is 21.4. The van der Waals surface area contributed by atoms with E-state index in [1.54, 1.807) is 28.8 Å². The first kappa shape index (κ1) is 21.2. The number of hydrogen-bond acceptors (Lipinski definition) is 6. The second kappa shape index (κ2) is 7.89. The number of allylic oxidation sites excluding steroid dienone is 2. The maximum atomic E-state index is 13.4. The molecule has 2 aliphatic rings. The number of carbonyl (C=O) groups excluding carboxylic acids is 2. The average molecular weight is 446 g/mol. The highest BCUT2D eigenvalue weighted by molar-refractivity contribution is 8.01. The maximum Gasteiger partial charge on any atom is 0.234 e. The van der Waals surface area contributed by atoms with Gasteiger partial charge in [0.1, 0.15) is 5.82 Å². The van der Waals surface area contributed by atoms with Crippen LogP contribution in [0.5, 0.6) is 0 Å². The van der Waals surface area contributed by atoms with Crippen LogP contribution in [0, 0.1) is 11.2 Å². The highest BCUT2D eigenvalue weighted by Crippen LogP contribution is 2.48. The molecule has 5 nitrogen and oxygen atoms in total. The van der Waals surface area contributed by atoms with Crippen molar-refractivity contribution in [2.45, 2.75) is 62.5 Å². The second-order valence-electron chi connectivity index (χ2n) is 8.86. The molecular weight excluding hydrogens is 421 g/mol. The summed E-state index contributed by atoms with van der Waals surface area (Å²) in [5.41, 5.74) is 1.92. The number of thioether (sulfide) groups is 1. The lowest BCUT2D eigenvalue weighted by Crippen LogP contribution is -2.43. The number of carbonyl (C=O) groups is 2. The lowest BCUT2D eigenvalue weighted by molar-refractivity contribution is -0.121. The molecule has 0 fully saturated rings. The van der Waals surface area contributed by atoms with Crippen molar-refractivity contribution < 1.29 is 14.0 Å². The van der Waals surface area contributed by atoms with E-state index in [0.717, 1.165) is 15.6 Å². The quantitative estimate of drug-likeness (QED) is 0.469. The molecule has 1 aliphatic heterocycles. The standard InChI is InChI=1S/C22H24FN3O2S2/c1-12(2)29-21-25-24-20(30-21)26-16-10-22(3,4)11-17(27)19(16)15(9-18(26)28)13-5-7-14(23)8-6-13/h5-8,12,15H,9-11H2,1-4H3/t15-/m1/s1. The highest BCUT2D eigenvalue weighted by Gasteiger charge is 2.45. The Morgan fingerprint density at radius 1 is 1.17 bits per heavy atom. The Balaban J connectivity index is 1.82. The van der Waals surface area contributed by atoms with E-state index in [0.29, 0.717) is 28.8 Å². The van der Waals surface area contributed by atoms with Crippen LogP contribution < -0.4 is 4.90 Å². The lowest BCUT2D eigenvalue weighted by Gasteiger charge is -2.41. The van der Waals surface area contributed by atoms with Gasteiger partial charge in [-0.05, 0) is 29.5 Å². The predicted octanol–water partition coefficient (Wildman–Crippen LogP) is 5.34. The number of anilines is 1. The van der Waals surface area contributed by atoms with Gasteiger partial charge in [0.15, 0.2) is 10.1 Å². The van der Waals surface area contributed by atoms with Gasteiger partial charge in [0, 0.05) is 35.3 Å². The minimum atomic E-state index is -0.356. The summed E-state index contributed by atoms with van der Waals surface area (Å²) in [6.45, 7) is 8.24. The molecule has 1 atom stereocenters. The molecule has 0 N–H and O–H groups in total. The number of benzene rings is 1. The zero-order chi connectivity index (χ0) is 21.6. The Bertz CT molecular complexity index is 1030. The highest BCUT2D eigenvalue weighted by atomic mass is 32.2. The fourth-order valence-corrected chi connectivity index (χ4v) is 6.27. The molecule has 8 heteroatoms. The first-order valence-corrected chi connectivity index (χ1v) is 11.7. The van der Waals surface area contributed by atoms with E-state index in [-0.39, 0.29) is 35.3 Å². The van der Waals surface area contributed by atoms with Crippen LogP contribution in [0.2, 0.25) is 0 Å². The Morgan fingerprint density at radius 2 is 1.87 bits per heavy atom. The van der Waals surface area contributed by atoms with Crippen molar-refractivity contribution in [3.05, 3.63) is 46.9 Å². The number of halogens is 1.